The van der Waals surface area contributed by atoms with Crippen molar-refractivity contribution in [3.63, 3.8) is 0 Å². The maximum absolute atomic E-state index is 5.14. The van der Waals surface area contributed by atoms with Crippen LogP contribution in [0.2, 0.25) is 0 Å². The van der Waals surface area contributed by atoms with E-state index in [0.29, 0.717) is 0 Å². The van der Waals surface area contributed by atoms with Crippen molar-refractivity contribution < 1.29 is 0 Å². The zero-order valence-electron chi connectivity index (χ0n) is 3.90. The molecular weight excluding hydrogens is 110 g/mol. The second-order valence-electron chi connectivity index (χ2n) is 0.915. The second-order valence-corrected chi connectivity index (χ2v) is 3.61. The number of rotatable bonds is 3. The molecule has 2 radical (unpaired) electrons. The molecule has 0 spiro atoms. The maximum atomic E-state index is 5.14. The predicted molar refractivity (Wildman–Crippen MR) is 37.1 cm³/mol. The van der Waals surface area contributed by atoms with Gasteiger partial charge in [-0.2, -0.15) is 0 Å². The third-order valence-electron chi connectivity index (χ3n) is 0.435. The van der Waals surface area contributed by atoms with Gasteiger partial charge in [-0.05, 0) is 11.7 Å². The summed E-state index contributed by atoms with van der Waals surface area (Å²) in [5.74, 6) is 0. The highest BCUT2D eigenvalue weighted by Gasteiger charge is 1.74. The van der Waals surface area contributed by atoms with Gasteiger partial charge in [0.2, 0.25) is 0 Å². The molecule has 0 rings (SSSR count). The first kappa shape index (κ1) is 6.84. The van der Waals surface area contributed by atoms with Gasteiger partial charge < -0.3 is 0 Å². The van der Waals surface area contributed by atoms with Gasteiger partial charge in [0, 0.05) is 0 Å². The Balaban J connectivity index is 2.34. The summed E-state index contributed by atoms with van der Waals surface area (Å²) in [5, 5.41) is 0. The van der Waals surface area contributed by atoms with Gasteiger partial charge in [-0.15, -0.1) is 8.58 Å². The topological polar surface area (TPSA) is 0 Å². The molecule has 0 aliphatic heterocycles. The molecule has 1 atom stereocenters. The molecule has 0 saturated carbocycles. The van der Waals surface area contributed by atoms with Gasteiger partial charge in [0.1, 0.15) is 0 Å². The summed E-state index contributed by atoms with van der Waals surface area (Å²) in [6.07, 6.45) is 1.28. The average molecular weight is 118 g/mol. The van der Waals surface area contributed by atoms with Crippen molar-refractivity contribution in [1.82, 2.24) is 0 Å². The van der Waals surface area contributed by atoms with Crippen molar-refractivity contribution >= 4 is 27.3 Å². The highest BCUT2D eigenvalue weighted by molar-refractivity contribution is 8.22. The van der Waals surface area contributed by atoms with Gasteiger partial charge in [0.15, 0.2) is 7.12 Å². The van der Waals surface area contributed by atoms with E-state index in [2.05, 4.69) is 6.92 Å². The van der Waals surface area contributed by atoms with Crippen LogP contribution in [0, 0.1) is 0 Å². The van der Waals surface area contributed by atoms with Crippen LogP contribution >= 0.6 is 20.2 Å². The van der Waals surface area contributed by atoms with Crippen molar-refractivity contribution in [2.24, 2.45) is 0 Å². The lowest BCUT2D eigenvalue weighted by Gasteiger charge is -1.87. The molecule has 3 heteroatoms. The van der Waals surface area contributed by atoms with Gasteiger partial charge in [0.05, 0.1) is 0 Å². The summed E-state index contributed by atoms with van der Waals surface area (Å²) in [6, 6.07) is 0. The van der Waals surface area contributed by atoms with Crippen LogP contribution in [0.4, 0.5) is 0 Å². The van der Waals surface area contributed by atoms with Crippen LogP contribution in [0.5, 0.6) is 0 Å². The number of hydrogen-bond donors (Lipinski definition) is 0. The SMILES string of the molecule is [B]SCPCC. The maximum Gasteiger partial charge on any atom is 0.162 e. The minimum atomic E-state index is 1.05. The zero-order valence-corrected chi connectivity index (χ0v) is 5.72. The smallest absolute Gasteiger partial charge is 0.162 e. The van der Waals surface area contributed by atoms with E-state index in [1.165, 1.54) is 17.8 Å². The first-order chi connectivity index (χ1) is 2.91. The molecule has 0 amide bonds. The standard InChI is InChI=1S/C3H8BPS/c1-2-5-3-6-4/h5H,2-3H2,1H3. The van der Waals surface area contributed by atoms with E-state index in [1.54, 1.807) is 0 Å². The van der Waals surface area contributed by atoms with Crippen LogP contribution in [0.3, 0.4) is 0 Å². The van der Waals surface area contributed by atoms with Gasteiger partial charge in [0.25, 0.3) is 0 Å². The van der Waals surface area contributed by atoms with Crippen LogP contribution in [0.1, 0.15) is 6.92 Å². The minimum absolute atomic E-state index is 1.05. The molecule has 0 fully saturated rings. The monoisotopic (exact) mass is 118 g/mol. The molecule has 0 N–H and O–H groups in total. The Morgan fingerprint density at radius 1 is 1.83 bits per heavy atom. The molecule has 0 aliphatic rings. The van der Waals surface area contributed by atoms with E-state index in [0.717, 1.165) is 14.1 Å². The van der Waals surface area contributed by atoms with Crippen LogP contribution in [0.25, 0.3) is 0 Å². The second kappa shape index (κ2) is 5.84. The van der Waals surface area contributed by atoms with Crippen molar-refractivity contribution in [2.75, 3.05) is 11.7 Å². The molecule has 0 saturated heterocycles. The highest BCUT2D eigenvalue weighted by atomic mass is 32.2. The van der Waals surface area contributed by atoms with E-state index in [9.17, 15) is 0 Å². The molecule has 0 aromatic rings. The first-order valence-electron chi connectivity index (χ1n) is 1.94. The van der Waals surface area contributed by atoms with E-state index in [4.69, 9.17) is 7.12 Å². The molecule has 6 heavy (non-hydrogen) atoms. The average Bonchev–Trinajstić information content (AvgIpc) is 1.61. The molecule has 0 aromatic carbocycles. The van der Waals surface area contributed by atoms with Crippen molar-refractivity contribution in [3.8, 4) is 0 Å². The third kappa shape index (κ3) is 4.84. The summed E-state index contributed by atoms with van der Waals surface area (Å²) in [7, 11) is 6.19. The summed E-state index contributed by atoms with van der Waals surface area (Å²) in [6.45, 7) is 2.18. The zero-order chi connectivity index (χ0) is 4.83. The summed E-state index contributed by atoms with van der Waals surface area (Å²) in [4.78, 5) is 0. The normalized spacial score (nSPS) is 10.8. The predicted octanol–water partition coefficient (Wildman–Crippen LogP) is 1.46. The molecule has 0 bridgehead atoms. The Hall–Kier alpha value is 0.845. The van der Waals surface area contributed by atoms with Gasteiger partial charge >= 0.3 is 0 Å². The first-order valence-corrected chi connectivity index (χ1v) is 4.40. The van der Waals surface area contributed by atoms with E-state index in [-0.39, 0.29) is 0 Å². The van der Waals surface area contributed by atoms with E-state index in [1.807, 2.05) is 0 Å². The lowest BCUT2D eigenvalue weighted by Crippen LogP contribution is -1.63. The fourth-order valence-corrected chi connectivity index (χ4v) is 1.45. The van der Waals surface area contributed by atoms with Crippen LogP contribution in [-0.2, 0) is 0 Å². The van der Waals surface area contributed by atoms with Crippen molar-refractivity contribution in [2.45, 2.75) is 6.92 Å². The van der Waals surface area contributed by atoms with Crippen LogP contribution < -0.4 is 0 Å². The molecule has 1 unspecified atom stereocenters. The Kier molecular flexibility index (Phi) is 6.67. The van der Waals surface area contributed by atoms with Gasteiger partial charge in [-0.3, -0.25) is 0 Å². The Labute approximate surface area is 46.6 Å². The molecule has 0 aromatic heterocycles. The Bertz CT molecular complexity index is 22.8. The fourth-order valence-electron chi connectivity index (χ4n) is 0.161. The largest absolute Gasteiger partial charge is 0.223 e. The lowest BCUT2D eigenvalue weighted by molar-refractivity contribution is 1.52. The highest BCUT2D eigenvalue weighted by Crippen LogP contribution is 2.13. The number of hydrogen-bond acceptors (Lipinski definition) is 1. The Morgan fingerprint density at radius 3 is 2.67 bits per heavy atom. The van der Waals surface area contributed by atoms with E-state index >= 15 is 0 Å². The molecule has 0 nitrogen and oxygen atoms in total. The Morgan fingerprint density at radius 2 is 2.50 bits per heavy atom. The lowest BCUT2D eigenvalue weighted by atomic mass is 10.8. The van der Waals surface area contributed by atoms with Crippen molar-refractivity contribution in [3.05, 3.63) is 0 Å². The van der Waals surface area contributed by atoms with Gasteiger partial charge in [-0.25, -0.2) is 11.6 Å². The quantitative estimate of drug-likeness (QED) is 0.307. The molecular formula is C3H8BPS. The minimum Gasteiger partial charge on any atom is -0.223 e. The third-order valence-corrected chi connectivity index (χ3v) is 2.42. The summed E-state index contributed by atoms with van der Waals surface area (Å²) < 4.78 is 0. The van der Waals surface area contributed by atoms with Crippen LogP contribution in [0.15, 0.2) is 0 Å². The fraction of sp³-hybridized carbons (Fsp3) is 1.00. The molecule has 34 valence electrons. The molecule has 0 aliphatic carbocycles. The summed E-state index contributed by atoms with van der Waals surface area (Å²) in [5.41, 5.74) is 1.14. The van der Waals surface area contributed by atoms with Gasteiger partial charge in [-0.1, -0.05) is 6.92 Å². The summed E-state index contributed by atoms with van der Waals surface area (Å²) >= 11 is 1.44. The van der Waals surface area contributed by atoms with Crippen LogP contribution in [-0.4, -0.2) is 18.8 Å². The van der Waals surface area contributed by atoms with E-state index < -0.39 is 0 Å². The van der Waals surface area contributed by atoms with Crippen molar-refractivity contribution in [1.29, 1.82) is 0 Å². The molecule has 0 heterocycles.